The highest BCUT2D eigenvalue weighted by Crippen LogP contribution is 2.19. The Hall–Kier alpha value is -1.17. The summed E-state index contributed by atoms with van der Waals surface area (Å²) < 4.78 is 4.84. The Morgan fingerprint density at radius 3 is 2.53 bits per heavy atom. The molecule has 5 N–H and O–H groups in total. The molecule has 0 spiro atoms. The lowest BCUT2D eigenvalue weighted by atomic mass is 9.97. The molecule has 1 saturated heterocycles. The van der Waals surface area contributed by atoms with Gasteiger partial charge >= 0.3 is 0 Å². The average Bonchev–Trinajstić information content (AvgIpc) is 2.29. The number of ether oxygens (including phenoxy) is 1. The van der Waals surface area contributed by atoms with Crippen LogP contribution in [-0.4, -0.2) is 63.6 Å². The highest BCUT2D eigenvalue weighted by Gasteiger charge is 2.44. The van der Waals surface area contributed by atoms with Crippen LogP contribution in [0.4, 0.5) is 0 Å². The molecule has 7 nitrogen and oxygen atoms in total. The van der Waals surface area contributed by atoms with Gasteiger partial charge < -0.3 is 30.5 Å². The van der Waals surface area contributed by atoms with E-state index in [9.17, 15) is 20.1 Å². The molecule has 1 rings (SSSR count). The molecule has 17 heavy (non-hydrogen) atoms. The van der Waals surface area contributed by atoms with E-state index in [1.54, 1.807) is 0 Å². The maximum absolute atomic E-state index is 11.2. The van der Waals surface area contributed by atoms with Crippen molar-refractivity contribution in [3.05, 3.63) is 0 Å². The van der Waals surface area contributed by atoms with Crippen molar-refractivity contribution in [3.8, 4) is 12.3 Å². The van der Waals surface area contributed by atoms with Crippen molar-refractivity contribution in [2.75, 3.05) is 6.61 Å². The fourth-order valence-electron chi connectivity index (χ4n) is 1.58. The van der Waals surface area contributed by atoms with Gasteiger partial charge in [-0.25, -0.2) is 0 Å². The van der Waals surface area contributed by atoms with Crippen LogP contribution >= 0.6 is 0 Å². The van der Waals surface area contributed by atoms with Crippen LogP contribution in [0.25, 0.3) is 0 Å². The first kappa shape index (κ1) is 13.9. The first-order valence-electron chi connectivity index (χ1n) is 5.04. The zero-order chi connectivity index (χ0) is 13.0. The standard InChI is InChI=1S/C10H15NO6/c1-2-3-6(13)11-7-9(15)8(14)5(4-12)17-10(7)16/h1,5,7-10,12,14-16H,3-4H2,(H,11,13)/t5-,7-,8-,9-,10?/m1/s1. The largest absolute Gasteiger partial charge is 0.394 e. The van der Waals surface area contributed by atoms with Gasteiger partial charge in [-0.3, -0.25) is 4.79 Å². The van der Waals surface area contributed by atoms with Gasteiger partial charge in [0, 0.05) is 0 Å². The Morgan fingerprint density at radius 1 is 1.35 bits per heavy atom. The molecule has 0 aromatic carbocycles. The average molecular weight is 245 g/mol. The summed E-state index contributed by atoms with van der Waals surface area (Å²) in [7, 11) is 0. The van der Waals surface area contributed by atoms with E-state index in [1.807, 2.05) is 0 Å². The highest BCUT2D eigenvalue weighted by molar-refractivity contribution is 5.78. The van der Waals surface area contributed by atoms with Crippen LogP contribution < -0.4 is 5.32 Å². The smallest absolute Gasteiger partial charge is 0.232 e. The van der Waals surface area contributed by atoms with Crippen molar-refractivity contribution in [2.45, 2.75) is 37.1 Å². The van der Waals surface area contributed by atoms with Crippen LogP contribution in [0.15, 0.2) is 0 Å². The van der Waals surface area contributed by atoms with Gasteiger partial charge in [0.2, 0.25) is 5.91 Å². The van der Waals surface area contributed by atoms with Crippen molar-refractivity contribution in [3.63, 3.8) is 0 Å². The van der Waals surface area contributed by atoms with Crippen molar-refractivity contribution in [2.24, 2.45) is 0 Å². The molecule has 0 aromatic heterocycles. The van der Waals surface area contributed by atoms with Crippen molar-refractivity contribution in [1.29, 1.82) is 0 Å². The van der Waals surface area contributed by atoms with E-state index in [-0.39, 0.29) is 6.42 Å². The molecule has 5 atom stereocenters. The molecule has 1 heterocycles. The SMILES string of the molecule is C#CCC(=O)N[C@H]1C(O)O[C@H](CO)[C@@H](O)[C@@H]1O. The second kappa shape index (κ2) is 5.95. The Morgan fingerprint density at radius 2 is 2.00 bits per heavy atom. The van der Waals surface area contributed by atoms with E-state index in [0.717, 1.165) is 0 Å². The van der Waals surface area contributed by atoms with E-state index in [2.05, 4.69) is 11.2 Å². The summed E-state index contributed by atoms with van der Waals surface area (Å²) in [5, 5.41) is 39.8. The number of carbonyl (C=O) groups excluding carboxylic acids is 1. The summed E-state index contributed by atoms with van der Waals surface area (Å²) >= 11 is 0. The lowest BCUT2D eigenvalue weighted by molar-refractivity contribution is -0.253. The molecule has 0 aliphatic carbocycles. The third kappa shape index (κ3) is 3.15. The van der Waals surface area contributed by atoms with E-state index < -0.39 is 43.2 Å². The second-order valence-electron chi connectivity index (χ2n) is 3.70. The molecule has 1 amide bonds. The molecule has 1 aliphatic rings. The van der Waals surface area contributed by atoms with Crippen LogP contribution in [0.3, 0.4) is 0 Å². The van der Waals surface area contributed by atoms with Crippen molar-refractivity contribution in [1.82, 2.24) is 5.32 Å². The second-order valence-corrected chi connectivity index (χ2v) is 3.70. The monoisotopic (exact) mass is 245 g/mol. The van der Waals surface area contributed by atoms with Gasteiger partial charge in [0.1, 0.15) is 24.4 Å². The summed E-state index contributed by atoms with van der Waals surface area (Å²) in [6.45, 7) is -0.555. The number of aliphatic hydroxyl groups excluding tert-OH is 4. The summed E-state index contributed by atoms with van der Waals surface area (Å²) in [6.07, 6.45) is -0.755. The van der Waals surface area contributed by atoms with Gasteiger partial charge in [-0.2, -0.15) is 0 Å². The topological polar surface area (TPSA) is 119 Å². The lowest BCUT2D eigenvalue weighted by Gasteiger charge is -2.40. The molecule has 0 saturated carbocycles. The van der Waals surface area contributed by atoms with Gasteiger partial charge in [-0.15, -0.1) is 6.42 Å². The highest BCUT2D eigenvalue weighted by atomic mass is 16.6. The zero-order valence-corrected chi connectivity index (χ0v) is 8.98. The van der Waals surface area contributed by atoms with Crippen LogP contribution in [-0.2, 0) is 9.53 Å². The molecule has 7 heteroatoms. The molecule has 1 aliphatic heterocycles. The first-order valence-corrected chi connectivity index (χ1v) is 5.04. The number of hydrogen-bond donors (Lipinski definition) is 5. The maximum Gasteiger partial charge on any atom is 0.232 e. The predicted molar refractivity (Wildman–Crippen MR) is 55.4 cm³/mol. The number of nitrogens with one attached hydrogen (secondary N) is 1. The first-order chi connectivity index (χ1) is 8.01. The van der Waals surface area contributed by atoms with Crippen LogP contribution in [0, 0.1) is 12.3 Å². The quantitative estimate of drug-likeness (QED) is 0.336. The van der Waals surface area contributed by atoms with Crippen LogP contribution in [0.5, 0.6) is 0 Å². The number of carbonyl (C=O) groups is 1. The molecule has 0 radical (unpaired) electrons. The third-order valence-electron chi connectivity index (χ3n) is 2.49. The predicted octanol–water partition coefficient (Wildman–Crippen LogP) is -3.07. The molecular weight excluding hydrogens is 230 g/mol. The zero-order valence-electron chi connectivity index (χ0n) is 8.98. The number of terminal acetylenes is 1. The maximum atomic E-state index is 11.2. The molecule has 1 unspecified atom stereocenters. The Labute approximate surface area is 98.0 Å². The van der Waals surface area contributed by atoms with Gasteiger partial charge in [-0.05, 0) is 0 Å². The Bertz CT molecular complexity index is 314. The Kier molecular flexibility index (Phi) is 4.86. The van der Waals surface area contributed by atoms with Gasteiger partial charge in [0.05, 0.1) is 13.0 Å². The number of amides is 1. The van der Waals surface area contributed by atoms with Crippen molar-refractivity contribution >= 4 is 5.91 Å². The summed E-state index contributed by atoms with van der Waals surface area (Å²) in [6, 6.07) is -1.19. The van der Waals surface area contributed by atoms with Crippen LogP contribution in [0.2, 0.25) is 0 Å². The third-order valence-corrected chi connectivity index (χ3v) is 2.49. The minimum atomic E-state index is -1.52. The van der Waals surface area contributed by atoms with E-state index in [4.69, 9.17) is 16.3 Å². The van der Waals surface area contributed by atoms with E-state index in [0.29, 0.717) is 0 Å². The number of hydrogen-bond acceptors (Lipinski definition) is 6. The summed E-state index contributed by atoms with van der Waals surface area (Å²) in [4.78, 5) is 11.2. The van der Waals surface area contributed by atoms with Gasteiger partial charge in [-0.1, -0.05) is 5.92 Å². The molecule has 0 aromatic rings. The fourth-order valence-corrected chi connectivity index (χ4v) is 1.58. The number of aliphatic hydroxyl groups is 4. The van der Waals surface area contributed by atoms with E-state index >= 15 is 0 Å². The van der Waals surface area contributed by atoms with Gasteiger partial charge in [0.15, 0.2) is 6.29 Å². The normalized spacial score (nSPS) is 37.2. The molecular formula is C10H15NO6. The minimum absolute atomic E-state index is 0.213. The van der Waals surface area contributed by atoms with E-state index in [1.165, 1.54) is 0 Å². The fraction of sp³-hybridized carbons (Fsp3) is 0.700. The molecule has 1 fully saturated rings. The molecule has 96 valence electrons. The van der Waals surface area contributed by atoms with Crippen LogP contribution in [0.1, 0.15) is 6.42 Å². The van der Waals surface area contributed by atoms with Gasteiger partial charge in [0.25, 0.3) is 0 Å². The Balaban J connectivity index is 2.67. The summed E-state index contributed by atoms with van der Waals surface area (Å²) in [5.74, 6) is 1.52. The number of rotatable bonds is 3. The lowest BCUT2D eigenvalue weighted by Crippen LogP contribution is -2.64. The minimum Gasteiger partial charge on any atom is -0.394 e. The van der Waals surface area contributed by atoms with Crippen molar-refractivity contribution < 1.29 is 30.0 Å². The summed E-state index contributed by atoms with van der Waals surface area (Å²) in [5.41, 5.74) is 0. The molecule has 0 bridgehead atoms.